The van der Waals surface area contributed by atoms with Gasteiger partial charge in [0.25, 0.3) is 0 Å². The highest BCUT2D eigenvalue weighted by Crippen LogP contribution is 2.40. The summed E-state index contributed by atoms with van der Waals surface area (Å²) in [5.41, 5.74) is 1.29. The molecule has 5 rings (SSSR count). The third-order valence-corrected chi connectivity index (χ3v) is 5.85. The van der Waals surface area contributed by atoms with Crippen molar-refractivity contribution >= 4 is 12.2 Å². The van der Waals surface area contributed by atoms with Crippen molar-refractivity contribution in [1.82, 2.24) is 24.3 Å². The molecule has 1 atom stereocenters. The smallest absolute Gasteiger partial charge is 0.194 e. The second-order valence-corrected chi connectivity index (χ2v) is 8.12. The van der Waals surface area contributed by atoms with Gasteiger partial charge in [-0.3, -0.25) is 0 Å². The molecule has 8 heteroatoms. The van der Waals surface area contributed by atoms with Gasteiger partial charge in [0.05, 0.1) is 24.8 Å². The fraction of sp³-hybridized carbons (Fsp3) is 0.240. The van der Waals surface area contributed by atoms with Crippen LogP contribution in [0.5, 0.6) is 5.75 Å². The first kappa shape index (κ1) is 21.1. The van der Waals surface area contributed by atoms with Gasteiger partial charge in [-0.15, -0.1) is 0 Å². The average Bonchev–Trinajstić information content (AvgIpc) is 3.45. The van der Waals surface area contributed by atoms with E-state index in [1.165, 1.54) is 24.3 Å². The fourth-order valence-electron chi connectivity index (χ4n) is 4.19. The van der Waals surface area contributed by atoms with E-state index in [0.717, 1.165) is 16.9 Å². The summed E-state index contributed by atoms with van der Waals surface area (Å²) in [5, 5.41) is 4.48. The van der Waals surface area contributed by atoms with E-state index in [9.17, 15) is 4.39 Å². The van der Waals surface area contributed by atoms with E-state index in [1.54, 1.807) is 24.2 Å². The quantitative estimate of drug-likeness (QED) is 0.427. The lowest BCUT2D eigenvalue weighted by Crippen LogP contribution is -2.31. The SMILES string of the molecule is COc1cc(C=Cc2nc3n(n2)CCCC3(F)c2ccc(F)cc2)ccc1-n1cnc(C)c1. The van der Waals surface area contributed by atoms with Gasteiger partial charge in [0.2, 0.25) is 0 Å². The first-order valence-corrected chi connectivity index (χ1v) is 10.7. The zero-order valence-electron chi connectivity index (χ0n) is 18.4. The van der Waals surface area contributed by atoms with Gasteiger partial charge in [-0.05, 0) is 61.2 Å². The number of hydrogen-bond acceptors (Lipinski definition) is 4. The molecule has 0 amide bonds. The monoisotopic (exact) mass is 447 g/mol. The summed E-state index contributed by atoms with van der Waals surface area (Å²) in [6.07, 6.45) is 8.20. The molecule has 2 aromatic carbocycles. The van der Waals surface area contributed by atoms with E-state index in [4.69, 9.17) is 4.74 Å². The van der Waals surface area contributed by atoms with E-state index in [1.807, 2.05) is 42.0 Å². The lowest BCUT2D eigenvalue weighted by molar-refractivity contribution is 0.152. The van der Waals surface area contributed by atoms with Gasteiger partial charge < -0.3 is 9.30 Å². The van der Waals surface area contributed by atoms with E-state index < -0.39 is 11.5 Å². The van der Waals surface area contributed by atoms with Crippen LogP contribution in [0.25, 0.3) is 17.8 Å². The minimum atomic E-state index is -1.79. The predicted molar refractivity (Wildman–Crippen MR) is 121 cm³/mol. The number of hydrogen-bond donors (Lipinski definition) is 0. The number of aryl methyl sites for hydroxylation is 2. The molecular weight excluding hydrogens is 424 g/mol. The summed E-state index contributed by atoms with van der Waals surface area (Å²) in [4.78, 5) is 8.74. The highest BCUT2D eigenvalue weighted by atomic mass is 19.1. The highest BCUT2D eigenvalue weighted by Gasteiger charge is 2.41. The van der Waals surface area contributed by atoms with E-state index in [-0.39, 0.29) is 12.2 Å². The van der Waals surface area contributed by atoms with Crippen molar-refractivity contribution in [3.63, 3.8) is 0 Å². The molecule has 0 radical (unpaired) electrons. The minimum absolute atomic E-state index is 0.253. The molecule has 0 saturated carbocycles. The van der Waals surface area contributed by atoms with Crippen molar-refractivity contribution in [2.24, 2.45) is 0 Å². The normalized spacial score (nSPS) is 17.9. The Morgan fingerprint density at radius 1 is 1.12 bits per heavy atom. The van der Waals surface area contributed by atoms with Gasteiger partial charge in [0, 0.05) is 12.7 Å². The number of alkyl halides is 1. The molecule has 0 bridgehead atoms. The van der Waals surface area contributed by atoms with Crippen LogP contribution in [0.15, 0.2) is 55.0 Å². The number of halogens is 2. The molecule has 3 heterocycles. The topological polar surface area (TPSA) is 57.8 Å². The van der Waals surface area contributed by atoms with Crippen LogP contribution in [-0.2, 0) is 12.2 Å². The molecule has 6 nitrogen and oxygen atoms in total. The predicted octanol–water partition coefficient (Wildman–Crippen LogP) is 5.10. The molecule has 2 aromatic heterocycles. The molecule has 33 heavy (non-hydrogen) atoms. The van der Waals surface area contributed by atoms with Crippen LogP contribution < -0.4 is 4.74 Å². The van der Waals surface area contributed by atoms with Crippen molar-refractivity contribution in [3.8, 4) is 11.4 Å². The highest BCUT2D eigenvalue weighted by molar-refractivity contribution is 5.69. The number of methoxy groups -OCH3 is 1. The van der Waals surface area contributed by atoms with Crippen LogP contribution in [0.1, 0.15) is 41.3 Å². The summed E-state index contributed by atoms with van der Waals surface area (Å²) in [6, 6.07) is 11.3. The van der Waals surface area contributed by atoms with Crippen molar-refractivity contribution in [2.75, 3.05) is 7.11 Å². The number of benzene rings is 2. The van der Waals surface area contributed by atoms with Gasteiger partial charge in [0.15, 0.2) is 17.3 Å². The van der Waals surface area contributed by atoms with Gasteiger partial charge in [0.1, 0.15) is 11.6 Å². The van der Waals surface area contributed by atoms with Crippen LogP contribution in [0.3, 0.4) is 0 Å². The number of rotatable bonds is 5. The first-order chi connectivity index (χ1) is 16.0. The molecular formula is C25H23F2N5O. The lowest BCUT2D eigenvalue weighted by Gasteiger charge is -2.29. The molecule has 1 aliphatic rings. The number of ether oxygens (including phenoxy) is 1. The minimum Gasteiger partial charge on any atom is -0.495 e. The first-order valence-electron chi connectivity index (χ1n) is 10.7. The lowest BCUT2D eigenvalue weighted by atomic mass is 9.88. The van der Waals surface area contributed by atoms with Gasteiger partial charge in [-0.2, -0.15) is 5.10 Å². The van der Waals surface area contributed by atoms with Crippen molar-refractivity contribution < 1.29 is 13.5 Å². The van der Waals surface area contributed by atoms with Gasteiger partial charge in [-0.1, -0.05) is 24.3 Å². The van der Waals surface area contributed by atoms with Crippen LogP contribution in [-0.4, -0.2) is 31.4 Å². The third kappa shape index (κ3) is 3.92. The molecule has 1 aliphatic heterocycles. The number of aromatic nitrogens is 5. The van der Waals surface area contributed by atoms with Crippen LogP contribution in [0.2, 0.25) is 0 Å². The molecule has 0 saturated heterocycles. The summed E-state index contributed by atoms with van der Waals surface area (Å²) >= 11 is 0. The third-order valence-electron chi connectivity index (χ3n) is 5.85. The Labute approximate surface area is 190 Å². The summed E-state index contributed by atoms with van der Waals surface area (Å²) in [5.74, 6) is 0.978. The van der Waals surface area contributed by atoms with Gasteiger partial charge >= 0.3 is 0 Å². The fourth-order valence-corrected chi connectivity index (χ4v) is 4.19. The standard InChI is InChI=1S/C25H23F2N5O/c1-17-15-31(16-28-17)21-10-4-18(14-22(21)33-2)5-11-23-29-24-25(27,12-3-13-32(24)30-23)19-6-8-20(26)9-7-19/h4-11,14-16H,3,12-13H2,1-2H3. The molecule has 0 aliphatic carbocycles. The van der Waals surface area contributed by atoms with Crippen molar-refractivity contribution in [3.05, 3.63) is 89.3 Å². The molecule has 1 unspecified atom stereocenters. The molecule has 168 valence electrons. The maximum Gasteiger partial charge on any atom is 0.194 e. The van der Waals surface area contributed by atoms with E-state index >= 15 is 4.39 Å². The zero-order valence-corrected chi connectivity index (χ0v) is 18.4. The number of nitrogens with zero attached hydrogens (tertiary/aromatic N) is 5. The second kappa shape index (κ2) is 8.27. The summed E-state index contributed by atoms with van der Waals surface area (Å²) in [7, 11) is 1.62. The van der Waals surface area contributed by atoms with Crippen molar-refractivity contribution in [2.45, 2.75) is 32.0 Å². The average molecular weight is 447 g/mol. The maximum atomic E-state index is 16.0. The molecule has 4 aromatic rings. The Hall–Kier alpha value is -3.81. The van der Waals surface area contributed by atoms with Crippen LogP contribution in [0.4, 0.5) is 8.78 Å². The van der Waals surface area contributed by atoms with E-state index in [0.29, 0.717) is 30.1 Å². The van der Waals surface area contributed by atoms with Gasteiger partial charge in [-0.25, -0.2) is 23.4 Å². The Bertz CT molecular complexity index is 1330. The Balaban J connectivity index is 1.43. The Morgan fingerprint density at radius 2 is 1.94 bits per heavy atom. The van der Waals surface area contributed by atoms with Crippen LogP contribution in [0, 0.1) is 12.7 Å². The Morgan fingerprint density at radius 3 is 2.67 bits per heavy atom. The molecule has 0 N–H and O–H groups in total. The molecule has 0 fully saturated rings. The zero-order chi connectivity index (χ0) is 23.0. The molecule has 0 spiro atoms. The summed E-state index contributed by atoms with van der Waals surface area (Å²) in [6.45, 7) is 2.52. The maximum absolute atomic E-state index is 16.0. The Kier molecular flexibility index (Phi) is 5.28. The van der Waals surface area contributed by atoms with Crippen LogP contribution >= 0.6 is 0 Å². The second-order valence-electron chi connectivity index (χ2n) is 8.12. The number of imidazole rings is 1. The number of fused-ring (bicyclic) bond motifs is 1. The van der Waals surface area contributed by atoms with E-state index in [2.05, 4.69) is 15.1 Å². The van der Waals surface area contributed by atoms with Crippen molar-refractivity contribution in [1.29, 1.82) is 0 Å². The largest absolute Gasteiger partial charge is 0.495 e. The summed E-state index contributed by atoms with van der Waals surface area (Å²) < 4.78 is 38.4.